The minimum Gasteiger partial charge on any atom is -0.462 e. The summed E-state index contributed by atoms with van der Waals surface area (Å²) in [6.45, 7) is 4.01. The van der Waals surface area contributed by atoms with Gasteiger partial charge in [0.2, 0.25) is 0 Å². The van der Waals surface area contributed by atoms with E-state index in [0.717, 1.165) is 29.0 Å². The second-order valence-corrected chi connectivity index (χ2v) is 12.4. The van der Waals surface area contributed by atoms with Gasteiger partial charge in [-0.05, 0) is 32.9 Å². The van der Waals surface area contributed by atoms with E-state index in [2.05, 4.69) is 21.0 Å². The van der Waals surface area contributed by atoms with Gasteiger partial charge in [0.15, 0.2) is 10.0 Å². The molecule has 0 radical (unpaired) electrons. The van der Waals surface area contributed by atoms with Gasteiger partial charge in [-0.25, -0.2) is 13.8 Å². The molecule has 3 N–H and O–H groups in total. The van der Waals surface area contributed by atoms with Crippen molar-refractivity contribution in [1.82, 2.24) is 14.6 Å². The minimum atomic E-state index is -4.43. The molecular formula is C21H25BrClFN3O9P. The van der Waals surface area contributed by atoms with Crippen LogP contribution in [0.25, 0.3) is 0 Å². The number of H-pyrrole nitrogens is 1. The molecule has 1 aliphatic rings. The zero-order valence-electron chi connectivity index (χ0n) is 19.8. The number of aromatic amines is 1. The topological polar surface area (TPSA) is 158 Å². The summed E-state index contributed by atoms with van der Waals surface area (Å²) in [7, 11) is -4.43. The Morgan fingerprint density at radius 3 is 2.70 bits per heavy atom. The van der Waals surface area contributed by atoms with Crippen LogP contribution in [0.3, 0.4) is 0 Å². The molecule has 1 fully saturated rings. The molecular weight excluding hydrogens is 604 g/mol. The van der Waals surface area contributed by atoms with Crippen molar-refractivity contribution in [2.45, 2.75) is 55.1 Å². The van der Waals surface area contributed by atoms with E-state index >= 15 is 0 Å². The van der Waals surface area contributed by atoms with Crippen molar-refractivity contribution in [3.8, 4) is 5.75 Å². The number of benzene rings is 1. The van der Waals surface area contributed by atoms with E-state index in [0.29, 0.717) is 0 Å². The van der Waals surface area contributed by atoms with Crippen LogP contribution in [0.15, 0.2) is 46.1 Å². The van der Waals surface area contributed by atoms with Gasteiger partial charge in [0.25, 0.3) is 5.56 Å². The van der Waals surface area contributed by atoms with Crippen molar-refractivity contribution in [2.75, 3.05) is 6.61 Å². The fraction of sp³-hybridized carbons (Fsp3) is 0.476. The minimum absolute atomic E-state index is 0.169. The Labute approximate surface area is 223 Å². The average molecular weight is 629 g/mol. The maximum absolute atomic E-state index is 13.7. The summed E-state index contributed by atoms with van der Waals surface area (Å²) in [5.41, 5.74) is -1.50. The third-order valence-electron chi connectivity index (χ3n) is 4.97. The fourth-order valence-corrected chi connectivity index (χ4v) is 5.68. The number of carbonyl (C=O) groups is 1. The standard InChI is InChI=1S/C21H25BrClFN3O9P/c1-11(2)34-18(30)12(3)26-37(32,36-14-6-4-5-13(24)9-14)33-10-15-17(29)21(22,23)19(35-15)27-8-7-16(28)25-20(27)31/h4-9,11-12,15,17,19,29H,10H2,1-3H3,(H,26,32)(H,25,28,31)/t12-,15+,17+,19+,21-,37?/m0/s1. The lowest BCUT2D eigenvalue weighted by Crippen LogP contribution is -2.41. The van der Waals surface area contributed by atoms with Gasteiger partial charge < -0.3 is 19.1 Å². The lowest BCUT2D eigenvalue weighted by Gasteiger charge is -2.25. The van der Waals surface area contributed by atoms with Crippen LogP contribution in [0.4, 0.5) is 4.39 Å². The molecule has 0 bridgehead atoms. The second-order valence-electron chi connectivity index (χ2n) is 8.34. The fourth-order valence-electron chi connectivity index (χ4n) is 3.27. The van der Waals surface area contributed by atoms with E-state index in [9.17, 15) is 28.4 Å². The number of nitrogens with one attached hydrogen (secondary N) is 2. The quantitative estimate of drug-likeness (QED) is 0.203. The number of alkyl halides is 2. The predicted molar refractivity (Wildman–Crippen MR) is 133 cm³/mol. The Balaban J connectivity index is 1.82. The Morgan fingerprint density at radius 1 is 1.38 bits per heavy atom. The molecule has 0 saturated carbocycles. The lowest BCUT2D eigenvalue weighted by atomic mass is 10.2. The molecule has 1 aromatic heterocycles. The summed E-state index contributed by atoms with van der Waals surface area (Å²) in [6, 6.07) is 4.62. The number of aromatic nitrogens is 2. The summed E-state index contributed by atoms with van der Waals surface area (Å²) in [5, 5.41) is 13.2. The van der Waals surface area contributed by atoms with Gasteiger partial charge in [0.1, 0.15) is 29.8 Å². The molecule has 1 saturated heterocycles. The number of carbonyl (C=O) groups excluding carboxylic acids is 1. The zero-order valence-corrected chi connectivity index (χ0v) is 23.0. The third-order valence-corrected chi connectivity index (χ3v) is 7.89. The van der Waals surface area contributed by atoms with Crippen LogP contribution in [0, 0.1) is 5.82 Å². The Morgan fingerprint density at radius 2 is 2.08 bits per heavy atom. The number of rotatable bonds is 10. The van der Waals surface area contributed by atoms with Gasteiger partial charge in [0, 0.05) is 18.3 Å². The van der Waals surface area contributed by atoms with Crippen LogP contribution in [0.1, 0.15) is 27.0 Å². The largest absolute Gasteiger partial charge is 0.462 e. The smallest absolute Gasteiger partial charge is 0.459 e. The highest BCUT2D eigenvalue weighted by molar-refractivity contribution is 9.10. The first-order valence-corrected chi connectivity index (χ1v) is 13.6. The number of esters is 1. The molecule has 6 atom stereocenters. The summed E-state index contributed by atoms with van der Waals surface area (Å²) in [4.78, 5) is 37.9. The molecule has 2 aromatic rings. The van der Waals surface area contributed by atoms with Crippen LogP contribution in [-0.2, 0) is 23.4 Å². The van der Waals surface area contributed by atoms with E-state index < -0.39 is 71.8 Å². The normalized spacial score (nSPS) is 26.0. The van der Waals surface area contributed by atoms with Crippen LogP contribution in [0.2, 0.25) is 0 Å². The third kappa shape index (κ3) is 7.29. The molecule has 1 unspecified atom stereocenters. The summed E-state index contributed by atoms with van der Waals surface area (Å²) in [5.74, 6) is -1.60. The molecule has 16 heteroatoms. The first-order chi connectivity index (χ1) is 17.2. The second kappa shape index (κ2) is 11.8. The van der Waals surface area contributed by atoms with Gasteiger partial charge in [-0.15, -0.1) is 0 Å². The SMILES string of the molecule is CC(C)OC(=O)[C@H](C)NP(=O)(OC[C@H]1O[C@@H](n2ccc(=O)[nH]c2=O)[C@](Cl)(Br)[C@@H]1O)Oc1cccc(F)c1. The molecule has 37 heavy (non-hydrogen) atoms. The van der Waals surface area contributed by atoms with Crippen molar-refractivity contribution >= 4 is 41.2 Å². The molecule has 12 nitrogen and oxygen atoms in total. The van der Waals surface area contributed by atoms with Crippen molar-refractivity contribution in [1.29, 1.82) is 0 Å². The van der Waals surface area contributed by atoms with Gasteiger partial charge in [-0.2, -0.15) is 5.09 Å². The van der Waals surface area contributed by atoms with Gasteiger partial charge in [-0.3, -0.25) is 23.7 Å². The molecule has 1 aliphatic heterocycles. The number of aliphatic hydroxyl groups is 1. The van der Waals surface area contributed by atoms with Crippen molar-refractivity contribution in [3.63, 3.8) is 0 Å². The van der Waals surface area contributed by atoms with Crippen molar-refractivity contribution in [2.24, 2.45) is 0 Å². The number of ether oxygens (including phenoxy) is 2. The zero-order chi connectivity index (χ0) is 27.5. The van der Waals surface area contributed by atoms with Crippen LogP contribution in [-0.4, -0.2) is 55.4 Å². The van der Waals surface area contributed by atoms with Gasteiger partial charge in [-0.1, -0.05) is 33.6 Å². The molecule has 3 rings (SSSR count). The van der Waals surface area contributed by atoms with Gasteiger partial charge >= 0.3 is 19.4 Å². The maximum Gasteiger partial charge on any atom is 0.459 e. The monoisotopic (exact) mass is 627 g/mol. The summed E-state index contributed by atoms with van der Waals surface area (Å²) in [6.07, 6.45) is -3.44. The highest BCUT2D eigenvalue weighted by Crippen LogP contribution is 2.50. The van der Waals surface area contributed by atoms with Crippen LogP contribution in [0.5, 0.6) is 5.75 Å². The number of nitrogens with zero attached hydrogens (tertiary/aromatic N) is 1. The lowest BCUT2D eigenvalue weighted by molar-refractivity contribution is -0.149. The number of hydrogen-bond acceptors (Lipinski definition) is 9. The molecule has 0 spiro atoms. The van der Waals surface area contributed by atoms with E-state index in [1.807, 2.05) is 4.98 Å². The van der Waals surface area contributed by atoms with Crippen molar-refractivity contribution < 1.29 is 37.4 Å². The maximum atomic E-state index is 13.7. The highest BCUT2D eigenvalue weighted by Gasteiger charge is 2.55. The highest BCUT2D eigenvalue weighted by atomic mass is 79.9. The van der Waals surface area contributed by atoms with E-state index in [1.54, 1.807) is 13.8 Å². The van der Waals surface area contributed by atoms with E-state index in [-0.39, 0.29) is 5.75 Å². The summed E-state index contributed by atoms with van der Waals surface area (Å²) >= 11 is 9.55. The Hall–Kier alpha value is -2.06. The molecule has 204 valence electrons. The molecule has 1 aromatic carbocycles. The molecule has 0 amide bonds. The van der Waals surface area contributed by atoms with Gasteiger partial charge in [0.05, 0.1) is 12.7 Å². The van der Waals surface area contributed by atoms with E-state index in [4.69, 9.17) is 30.1 Å². The summed E-state index contributed by atoms with van der Waals surface area (Å²) < 4.78 is 48.1. The molecule has 2 heterocycles. The van der Waals surface area contributed by atoms with Crippen molar-refractivity contribution in [3.05, 3.63) is 63.2 Å². The first-order valence-electron chi connectivity index (χ1n) is 10.9. The molecule has 0 aliphatic carbocycles. The number of halogens is 3. The Kier molecular flexibility index (Phi) is 9.38. The first kappa shape index (κ1) is 29.5. The Bertz CT molecular complexity index is 1290. The number of aliphatic hydroxyl groups excluding tert-OH is 1. The number of hydrogen-bond donors (Lipinski definition) is 3. The average Bonchev–Trinajstić information content (AvgIpc) is 3.00. The van der Waals surface area contributed by atoms with Crippen LogP contribution < -0.4 is 20.9 Å². The van der Waals surface area contributed by atoms with E-state index in [1.165, 1.54) is 19.1 Å². The van der Waals surface area contributed by atoms with Crippen LogP contribution >= 0.6 is 35.3 Å². The predicted octanol–water partition coefficient (Wildman–Crippen LogP) is 2.40.